The molecule has 0 aliphatic carbocycles. The highest BCUT2D eigenvalue weighted by molar-refractivity contribution is 6.09. The smallest absolute Gasteiger partial charge is 0.264 e. The Bertz CT molecular complexity index is 697. The molecule has 1 saturated heterocycles. The number of nitrogens with zero attached hydrogens (tertiary/aromatic N) is 1. The summed E-state index contributed by atoms with van der Waals surface area (Å²) in [6.45, 7) is 8.17. The fourth-order valence-corrected chi connectivity index (χ4v) is 3.75. The van der Waals surface area contributed by atoms with Crippen molar-refractivity contribution >= 4 is 17.4 Å². The van der Waals surface area contributed by atoms with E-state index in [1.54, 1.807) is 4.90 Å². The Morgan fingerprint density at radius 2 is 2.04 bits per heavy atom. The Morgan fingerprint density at radius 3 is 2.67 bits per heavy atom. The van der Waals surface area contributed by atoms with Gasteiger partial charge in [-0.3, -0.25) is 9.59 Å². The van der Waals surface area contributed by atoms with Crippen LogP contribution >= 0.6 is 0 Å². The fourth-order valence-electron chi connectivity index (χ4n) is 3.75. The molecule has 0 radical (unpaired) electrons. The minimum atomic E-state index is -1.83. The summed E-state index contributed by atoms with van der Waals surface area (Å²) in [6.07, 6.45) is 0.972. The largest absolute Gasteiger partial charge is 0.375 e. The second-order valence-electron chi connectivity index (χ2n) is 7.51. The van der Waals surface area contributed by atoms with Crippen molar-refractivity contribution in [3.8, 4) is 0 Å². The van der Waals surface area contributed by atoms with Gasteiger partial charge >= 0.3 is 0 Å². The number of benzene rings is 1. The molecule has 1 amide bonds. The first kappa shape index (κ1) is 17.1. The van der Waals surface area contributed by atoms with Crippen molar-refractivity contribution in [2.45, 2.75) is 51.7 Å². The van der Waals surface area contributed by atoms with E-state index in [1.165, 1.54) is 0 Å². The second-order valence-corrected chi connectivity index (χ2v) is 7.51. The first-order valence-corrected chi connectivity index (χ1v) is 8.53. The van der Waals surface area contributed by atoms with Crippen molar-refractivity contribution in [3.05, 3.63) is 29.3 Å². The highest BCUT2D eigenvalue weighted by Gasteiger charge is 2.58. The first-order chi connectivity index (χ1) is 11.2. The van der Waals surface area contributed by atoms with Crippen molar-refractivity contribution in [2.75, 3.05) is 18.1 Å². The fraction of sp³-hybridized carbons (Fsp3) is 0.579. The van der Waals surface area contributed by atoms with Gasteiger partial charge in [0.05, 0.1) is 23.8 Å². The van der Waals surface area contributed by atoms with Crippen LogP contribution in [0.4, 0.5) is 5.69 Å². The molecule has 24 heavy (non-hydrogen) atoms. The van der Waals surface area contributed by atoms with Crippen molar-refractivity contribution < 1.29 is 19.4 Å². The molecule has 2 aliphatic heterocycles. The molecule has 2 aliphatic rings. The van der Waals surface area contributed by atoms with Gasteiger partial charge < -0.3 is 14.7 Å². The average molecular weight is 331 g/mol. The van der Waals surface area contributed by atoms with Gasteiger partial charge in [0.25, 0.3) is 5.91 Å². The van der Waals surface area contributed by atoms with Gasteiger partial charge in [-0.25, -0.2) is 0 Å². The lowest BCUT2D eigenvalue weighted by Gasteiger charge is -2.39. The number of rotatable bonds is 3. The maximum atomic E-state index is 13.1. The number of anilines is 1. The zero-order chi connectivity index (χ0) is 17.7. The molecule has 0 spiro atoms. The van der Waals surface area contributed by atoms with Gasteiger partial charge in [0, 0.05) is 18.5 Å². The Morgan fingerprint density at radius 1 is 1.33 bits per heavy atom. The zero-order valence-electron chi connectivity index (χ0n) is 14.8. The molecule has 2 heterocycles. The van der Waals surface area contributed by atoms with Crippen LogP contribution in [0.15, 0.2) is 18.2 Å². The molecule has 5 nitrogen and oxygen atoms in total. The highest BCUT2D eigenvalue weighted by Crippen LogP contribution is 2.47. The number of amides is 1. The molecule has 0 saturated carbocycles. The Labute approximate surface area is 142 Å². The SMILES string of the molecule is CCCN1C(=O)[C@](O)([C@H]2COC(C)(C)CC2=O)c2cc(C)ccc21. The summed E-state index contributed by atoms with van der Waals surface area (Å²) in [5.74, 6) is -1.39. The summed E-state index contributed by atoms with van der Waals surface area (Å²) in [5.41, 5.74) is -0.202. The lowest BCUT2D eigenvalue weighted by molar-refractivity contribution is -0.172. The molecular weight excluding hydrogens is 306 g/mol. The topological polar surface area (TPSA) is 66.8 Å². The molecule has 0 bridgehead atoms. The third-order valence-electron chi connectivity index (χ3n) is 5.01. The molecule has 5 heteroatoms. The number of Topliss-reactive ketones (excluding diaryl/α,β-unsaturated/α-hetero) is 1. The molecule has 2 atom stereocenters. The highest BCUT2D eigenvalue weighted by atomic mass is 16.5. The minimum absolute atomic E-state index is 0.0570. The Kier molecular flexibility index (Phi) is 4.04. The van der Waals surface area contributed by atoms with Crippen LogP contribution in [0.2, 0.25) is 0 Å². The van der Waals surface area contributed by atoms with Crippen LogP contribution in [0.1, 0.15) is 44.7 Å². The van der Waals surface area contributed by atoms with Crippen molar-refractivity contribution in [3.63, 3.8) is 0 Å². The summed E-state index contributed by atoms with van der Waals surface area (Å²) >= 11 is 0. The van der Waals surface area contributed by atoms with Gasteiger partial charge in [0.1, 0.15) is 5.78 Å². The third-order valence-corrected chi connectivity index (χ3v) is 5.01. The normalized spacial score (nSPS) is 29.0. The second kappa shape index (κ2) is 5.67. The molecule has 1 aromatic carbocycles. The van der Waals surface area contributed by atoms with Crippen LogP contribution in [0.3, 0.4) is 0 Å². The minimum Gasteiger partial charge on any atom is -0.375 e. The van der Waals surface area contributed by atoms with E-state index in [4.69, 9.17) is 4.74 Å². The average Bonchev–Trinajstić information content (AvgIpc) is 2.69. The maximum Gasteiger partial charge on any atom is 0.264 e. The van der Waals surface area contributed by atoms with Crippen LogP contribution in [-0.2, 0) is 19.9 Å². The zero-order valence-corrected chi connectivity index (χ0v) is 14.8. The Hall–Kier alpha value is -1.72. The summed E-state index contributed by atoms with van der Waals surface area (Å²) in [6, 6.07) is 5.59. The first-order valence-electron chi connectivity index (χ1n) is 8.53. The van der Waals surface area contributed by atoms with Crippen LogP contribution in [0.25, 0.3) is 0 Å². The number of carbonyl (C=O) groups excluding carboxylic acids is 2. The molecule has 1 aromatic rings. The summed E-state index contributed by atoms with van der Waals surface area (Å²) in [5, 5.41) is 11.4. The number of carbonyl (C=O) groups is 2. The quantitative estimate of drug-likeness (QED) is 0.923. The van der Waals surface area contributed by atoms with E-state index in [9.17, 15) is 14.7 Å². The molecule has 1 fully saturated rings. The van der Waals surface area contributed by atoms with Crippen LogP contribution in [-0.4, -0.2) is 35.5 Å². The predicted molar refractivity (Wildman–Crippen MR) is 90.9 cm³/mol. The van der Waals surface area contributed by atoms with E-state index < -0.39 is 23.0 Å². The molecule has 0 unspecified atom stereocenters. The number of hydrogen-bond donors (Lipinski definition) is 1. The summed E-state index contributed by atoms with van der Waals surface area (Å²) in [7, 11) is 0. The van der Waals surface area contributed by atoms with Crippen LogP contribution in [0.5, 0.6) is 0 Å². The van der Waals surface area contributed by atoms with E-state index in [1.807, 2.05) is 45.9 Å². The van der Waals surface area contributed by atoms with E-state index in [-0.39, 0.29) is 18.8 Å². The number of aryl methyl sites for hydroxylation is 1. The number of fused-ring (bicyclic) bond motifs is 1. The van der Waals surface area contributed by atoms with E-state index in [2.05, 4.69) is 0 Å². The lowest BCUT2D eigenvalue weighted by atomic mass is 9.75. The van der Waals surface area contributed by atoms with Crippen LogP contribution in [0, 0.1) is 12.8 Å². The predicted octanol–water partition coefficient (Wildman–Crippen LogP) is 2.32. The standard InChI is InChI=1S/C19H25NO4/c1-5-8-20-15-7-6-12(2)9-13(15)19(23,17(20)22)14-11-24-18(3,4)10-16(14)21/h6-7,9,14,23H,5,8,10-11H2,1-4H3/t14-,19+/m0/s1. The van der Waals surface area contributed by atoms with Gasteiger partial charge in [0.2, 0.25) is 0 Å². The number of hydrogen-bond acceptors (Lipinski definition) is 4. The van der Waals surface area contributed by atoms with Crippen LogP contribution < -0.4 is 4.90 Å². The number of ketones is 1. The van der Waals surface area contributed by atoms with E-state index >= 15 is 0 Å². The maximum absolute atomic E-state index is 13.1. The summed E-state index contributed by atoms with van der Waals surface area (Å²) in [4.78, 5) is 27.4. The summed E-state index contributed by atoms with van der Waals surface area (Å²) < 4.78 is 5.76. The molecular formula is C19H25NO4. The molecule has 3 rings (SSSR count). The van der Waals surface area contributed by atoms with Gasteiger partial charge in [0.15, 0.2) is 5.60 Å². The number of ether oxygens (including phenoxy) is 1. The van der Waals surface area contributed by atoms with E-state index in [0.717, 1.165) is 12.0 Å². The van der Waals surface area contributed by atoms with Crippen molar-refractivity contribution in [2.24, 2.45) is 5.92 Å². The third kappa shape index (κ3) is 2.47. The lowest BCUT2D eigenvalue weighted by Crippen LogP contribution is -2.54. The van der Waals surface area contributed by atoms with Gasteiger partial charge in [-0.15, -0.1) is 0 Å². The van der Waals surface area contributed by atoms with Gasteiger partial charge in [-0.2, -0.15) is 0 Å². The molecule has 1 N–H and O–H groups in total. The van der Waals surface area contributed by atoms with Gasteiger partial charge in [-0.1, -0.05) is 24.6 Å². The number of aliphatic hydroxyl groups is 1. The monoisotopic (exact) mass is 331 g/mol. The van der Waals surface area contributed by atoms with Crippen molar-refractivity contribution in [1.82, 2.24) is 0 Å². The Balaban J connectivity index is 2.08. The molecule has 130 valence electrons. The van der Waals surface area contributed by atoms with Gasteiger partial charge in [-0.05, 0) is 33.3 Å². The van der Waals surface area contributed by atoms with Crippen molar-refractivity contribution in [1.29, 1.82) is 0 Å². The van der Waals surface area contributed by atoms with E-state index in [0.29, 0.717) is 17.8 Å². The molecule has 0 aromatic heterocycles.